The first kappa shape index (κ1) is 9.43. The Morgan fingerprint density at radius 1 is 1.57 bits per heavy atom. The van der Waals surface area contributed by atoms with Crippen molar-refractivity contribution in [3.05, 3.63) is 38.2 Å². The van der Waals surface area contributed by atoms with E-state index in [0.29, 0.717) is 16.0 Å². The Labute approximate surface area is 89.1 Å². The SMILES string of the molecule is Cc1cc(Cl)c2sccc2c1[N+](=O)[O-]. The van der Waals surface area contributed by atoms with Gasteiger partial charge < -0.3 is 0 Å². The van der Waals surface area contributed by atoms with Crippen molar-refractivity contribution < 1.29 is 4.92 Å². The number of thiophene rings is 1. The molecule has 0 bridgehead atoms. The quantitative estimate of drug-likeness (QED) is 0.550. The van der Waals surface area contributed by atoms with E-state index in [1.807, 2.05) is 5.38 Å². The van der Waals surface area contributed by atoms with E-state index in [4.69, 9.17) is 11.6 Å². The third-order valence-corrected chi connectivity index (χ3v) is 3.39. The molecule has 5 heteroatoms. The predicted octanol–water partition coefficient (Wildman–Crippen LogP) is 3.77. The number of nitro groups is 1. The molecule has 0 aliphatic rings. The van der Waals surface area contributed by atoms with Gasteiger partial charge in [0, 0.05) is 5.56 Å². The van der Waals surface area contributed by atoms with Crippen molar-refractivity contribution in [3.8, 4) is 0 Å². The number of rotatable bonds is 1. The van der Waals surface area contributed by atoms with Crippen molar-refractivity contribution in [3.63, 3.8) is 0 Å². The maximum Gasteiger partial charge on any atom is 0.281 e. The fourth-order valence-electron chi connectivity index (χ4n) is 1.46. The fraction of sp³-hybridized carbons (Fsp3) is 0.111. The minimum absolute atomic E-state index is 0.158. The maximum atomic E-state index is 10.8. The van der Waals surface area contributed by atoms with Crippen molar-refractivity contribution in [2.75, 3.05) is 0 Å². The summed E-state index contributed by atoms with van der Waals surface area (Å²) >= 11 is 7.39. The zero-order valence-electron chi connectivity index (χ0n) is 7.28. The second-order valence-corrected chi connectivity index (χ2v) is 4.27. The highest BCUT2D eigenvalue weighted by Crippen LogP contribution is 2.37. The highest BCUT2D eigenvalue weighted by atomic mass is 35.5. The minimum atomic E-state index is -0.360. The van der Waals surface area contributed by atoms with Crippen LogP contribution in [0.15, 0.2) is 17.5 Å². The van der Waals surface area contributed by atoms with Gasteiger partial charge in [0.15, 0.2) is 0 Å². The highest BCUT2D eigenvalue weighted by Gasteiger charge is 2.18. The average Bonchev–Trinajstić information content (AvgIpc) is 2.51. The molecule has 0 atom stereocenters. The molecule has 0 N–H and O–H groups in total. The summed E-state index contributed by atoms with van der Waals surface area (Å²) in [4.78, 5) is 10.5. The lowest BCUT2D eigenvalue weighted by Gasteiger charge is -2.00. The molecule has 0 aliphatic heterocycles. The van der Waals surface area contributed by atoms with Crippen LogP contribution in [0.4, 0.5) is 5.69 Å². The van der Waals surface area contributed by atoms with Crippen LogP contribution in [0.25, 0.3) is 10.1 Å². The lowest BCUT2D eigenvalue weighted by molar-refractivity contribution is -0.383. The fourth-order valence-corrected chi connectivity index (χ4v) is 2.66. The van der Waals surface area contributed by atoms with E-state index in [-0.39, 0.29) is 10.6 Å². The summed E-state index contributed by atoms with van der Waals surface area (Å²) in [6.45, 7) is 1.70. The summed E-state index contributed by atoms with van der Waals surface area (Å²) in [6.07, 6.45) is 0. The van der Waals surface area contributed by atoms with Crippen LogP contribution in [0.5, 0.6) is 0 Å². The van der Waals surface area contributed by atoms with Crippen LogP contribution in [0, 0.1) is 17.0 Å². The lowest BCUT2D eigenvalue weighted by atomic mass is 10.1. The normalized spacial score (nSPS) is 10.7. The van der Waals surface area contributed by atoms with Crippen LogP contribution in [-0.4, -0.2) is 4.92 Å². The summed E-state index contributed by atoms with van der Waals surface area (Å²) in [6, 6.07) is 3.37. The maximum absolute atomic E-state index is 10.8. The Kier molecular flexibility index (Phi) is 2.17. The summed E-state index contributed by atoms with van der Waals surface area (Å²) in [5.41, 5.74) is 0.761. The molecule has 1 aromatic carbocycles. The molecule has 14 heavy (non-hydrogen) atoms. The Hall–Kier alpha value is -1.13. The molecule has 72 valence electrons. The number of hydrogen-bond acceptors (Lipinski definition) is 3. The van der Waals surface area contributed by atoms with Crippen molar-refractivity contribution in [1.82, 2.24) is 0 Å². The van der Waals surface area contributed by atoms with Crippen LogP contribution in [0.1, 0.15) is 5.56 Å². The van der Waals surface area contributed by atoms with Crippen LogP contribution in [0.3, 0.4) is 0 Å². The summed E-state index contributed by atoms with van der Waals surface area (Å²) in [5.74, 6) is 0. The molecule has 0 amide bonds. The number of aryl methyl sites for hydroxylation is 1. The highest BCUT2D eigenvalue weighted by molar-refractivity contribution is 7.18. The Morgan fingerprint density at radius 3 is 2.93 bits per heavy atom. The van der Waals surface area contributed by atoms with Crippen molar-refractivity contribution in [2.24, 2.45) is 0 Å². The summed E-state index contributed by atoms with van der Waals surface area (Å²) < 4.78 is 0.781. The van der Waals surface area contributed by atoms with Crippen molar-refractivity contribution in [2.45, 2.75) is 6.92 Å². The van der Waals surface area contributed by atoms with E-state index in [0.717, 1.165) is 4.70 Å². The van der Waals surface area contributed by atoms with Gasteiger partial charge in [0.05, 0.1) is 20.0 Å². The van der Waals surface area contributed by atoms with Crippen LogP contribution < -0.4 is 0 Å². The molecular weight excluding hydrogens is 222 g/mol. The standard InChI is InChI=1S/C9H6ClNO2S/c1-5-4-7(10)9-6(2-3-14-9)8(5)11(12)13/h2-4H,1H3. The van der Waals surface area contributed by atoms with Gasteiger partial charge in [0.2, 0.25) is 0 Å². The smallest absolute Gasteiger partial charge is 0.258 e. The molecule has 0 fully saturated rings. The van der Waals surface area contributed by atoms with Gasteiger partial charge in [-0.1, -0.05) is 11.6 Å². The van der Waals surface area contributed by atoms with E-state index in [2.05, 4.69) is 0 Å². The van der Waals surface area contributed by atoms with Crippen LogP contribution >= 0.6 is 22.9 Å². The van der Waals surface area contributed by atoms with Crippen LogP contribution in [0.2, 0.25) is 5.02 Å². The van der Waals surface area contributed by atoms with Gasteiger partial charge in [0.25, 0.3) is 5.69 Å². The first-order valence-corrected chi connectivity index (χ1v) is 5.17. The molecule has 3 nitrogen and oxygen atoms in total. The topological polar surface area (TPSA) is 43.1 Å². The van der Waals surface area contributed by atoms with Gasteiger partial charge >= 0.3 is 0 Å². The molecular formula is C9H6ClNO2S. The number of halogens is 1. The van der Waals surface area contributed by atoms with Gasteiger partial charge in [0.1, 0.15) is 0 Å². The molecule has 0 radical (unpaired) electrons. The predicted molar refractivity (Wildman–Crippen MR) is 58.2 cm³/mol. The Morgan fingerprint density at radius 2 is 2.29 bits per heavy atom. The number of benzene rings is 1. The summed E-state index contributed by atoms with van der Waals surface area (Å²) in [7, 11) is 0. The van der Waals surface area contributed by atoms with Gasteiger partial charge in [-0.3, -0.25) is 10.1 Å². The van der Waals surface area contributed by atoms with Gasteiger partial charge in [-0.2, -0.15) is 0 Å². The zero-order valence-corrected chi connectivity index (χ0v) is 8.85. The molecule has 2 aromatic rings. The van der Waals surface area contributed by atoms with Crippen molar-refractivity contribution in [1.29, 1.82) is 0 Å². The lowest BCUT2D eigenvalue weighted by Crippen LogP contribution is -1.91. The third kappa shape index (κ3) is 1.27. The molecule has 0 saturated heterocycles. The molecule has 0 unspecified atom stereocenters. The zero-order chi connectivity index (χ0) is 10.3. The molecule has 2 rings (SSSR count). The molecule has 1 heterocycles. The Bertz CT molecular complexity index is 521. The molecule has 1 aromatic heterocycles. The van der Waals surface area contributed by atoms with E-state index in [1.54, 1.807) is 19.1 Å². The first-order valence-electron chi connectivity index (χ1n) is 3.92. The molecule has 0 spiro atoms. The number of fused-ring (bicyclic) bond motifs is 1. The Balaban J connectivity index is 2.93. The van der Waals surface area contributed by atoms with Gasteiger partial charge in [-0.05, 0) is 24.4 Å². The second kappa shape index (κ2) is 3.22. The second-order valence-electron chi connectivity index (χ2n) is 2.94. The van der Waals surface area contributed by atoms with Crippen LogP contribution in [-0.2, 0) is 0 Å². The van der Waals surface area contributed by atoms with E-state index in [9.17, 15) is 10.1 Å². The van der Waals surface area contributed by atoms with E-state index in [1.165, 1.54) is 11.3 Å². The van der Waals surface area contributed by atoms with Gasteiger partial charge in [-0.25, -0.2) is 0 Å². The van der Waals surface area contributed by atoms with E-state index < -0.39 is 0 Å². The average molecular weight is 228 g/mol. The number of hydrogen-bond donors (Lipinski definition) is 0. The first-order chi connectivity index (χ1) is 6.61. The van der Waals surface area contributed by atoms with Crippen molar-refractivity contribution >= 4 is 38.7 Å². The van der Waals surface area contributed by atoms with Gasteiger partial charge in [-0.15, -0.1) is 11.3 Å². The summed E-state index contributed by atoms with van der Waals surface area (Å²) in [5, 5.41) is 13.8. The monoisotopic (exact) mass is 227 g/mol. The number of nitro benzene ring substituents is 1. The van der Waals surface area contributed by atoms with E-state index >= 15 is 0 Å². The molecule has 0 aliphatic carbocycles. The molecule has 0 saturated carbocycles. The minimum Gasteiger partial charge on any atom is -0.258 e. The number of nitrogens with zero attached hydrogens (tertiary/aromatic N) is 1. The largest absolute Gasteiger partial charge is 0.281 e. The third-order valence-electron chi connectivity index (χ3n) is 2.04.